The van der Waals surface area contributed by atoms with Crippen molar-refractivity contribution in [3.8, 4) is 6.07 Å². The maximum Gasteiger partial charge on any atom is 0.274 e. The van der Waals surface area contributed by atoms with Gasteiger partial charge in [0.05, 0.1) is 11.6 Å². The van der Waals surface area contributed by atoms with Crippen molar-refractivity contribution in [2.24, 2.45) is 0 Å². The summed E-state index contributed by atoms with van der Waals surface area (Å²) in [6.07, 6.45) is 0. The number of nitrogens with zero attached hydrogens (tertiary/aromatic N) is 3. The van der Waals surface area contributed by atoms with Gasteiger partial charge in [0.25, 0.3) is 5.91 Å². The van der Waals surface area contributed by atoms with E-state index in [-0.39, 0.29) is 11.6 Å². The molecular formula is C21H19N5O. The Labute approximate surface area is 157 Å². The molecule has 3 rings (SSSR count). The second kappa shape index (κ2) is 7.67. The molecule has 3 aromatic rings. The van der Waals surface area contributed by atoms with Crippen molar-refractivity contribution in [2.75, 3.05) is 10.6 Å². The van der Waals surface area contributed by atoms with Gasteiger partial charge in [-0.3, -0.25) is 4.79 Å². The van der Waals surface area contributed by atoms with E-state index in [9.17, 15) is 4.79 Å². The zero-order chi connectivity index (χ0) is 19.4. The summed E-state index contributed by atoms with van der Waals surface area (Å²) in [6, 6.07) is 16.5. The molecule has 2 aromatic carbocycles. The van der Waals surface area contributed by atoms with Crippen LogP contribution in [0.3, 0.4) is 0 Å². The number of nitriles is 1. The molecule has 0 unspecified atom stereocenters. The Hall–Kier alpha value is -3.72. The van der Waals surface area contributed by atoms with Crippen molar-refractivity contribution >= 4 is 23.2 Å². The number of anilines is 3. The fourth-order valence-electron chi connectivity index (χ4n) is 2.64. The summed E-state index contributed by atoms with van der Waals surface area (Å²) in [6.45, 7) is 5.76. The number of carbonyl (C=O) groups is 1. The quantitative estimate of drug-likeness (QED) is 0.728. The van der Waals surface area contributed by atoms with Crippen LogP contribution in [0.15, 0.2) is 48.5 Å². The summed E-state index contributed by atoms with van der Waals surface area (Å²) >= 11 is 0. The Balaban J connectivity index is 1.81. The predicted molar refractivity (Wildman–Crippen MR) is 105 cm³/mol. The summed E-state index contributed by atoms with van der Waals surface area (Å²) < 4.78 is 0. The van der Waals surface area contributed by atoms with E-state index in [1.807, 2.05) is 32.0 Å². The van der Waals surface area contributed by atoms with Crippen LogP contribution in [0.5, 0.6) is 0 Å². The highest BCUT2D eigenvalue weighted by atomic mass is 16.1. The van der Waals surface area contributed by atoms with Gasteiger partial charge >= 0.3 is 0 Å². The first-order valence-electron chi connectivity index (χ1n) is 8.46. The van der Waals surface area contributed by atoms with Crippen LogP contribution >= 0.6 is 0 Å². The lowest BCUT2D eigenvalue weighted by atomic mass is 10.1. The van der Waals surface area contributed by atoms with Gasteiger partial charge in [0.15, 0.2) is 0 Å². The molecule has 6 nitrogen and oxygen atoms in total. The van der Waals surface area contributed by atoms with E-state index in [0.29, 0.717) is 17.2 Å². The SMILES string of the molecule is Cc1ccc(NC(=O)c2cc(C)nc(Nc3ccc(C#N)cc3)n2)c(C)c1. The maximum atomic E-state index is 12.6. The molecule has 0 aliphatic heterocycles. The molecule has 0 spiro atoms. The van der Waals surface area contributed by atoms with Gasteiger partial charge in [-0.05, 0) is 62.7 Å². The fraction of sp³-hybridized carbons (Fsp3) is 0.143. The predicted octanol–water partition coefficient (Wildman–Crippen LogP) is 4.27. The molecule has 0 saturated heterocycles. The first-order valence-corrected chi connectivity index (χ1v) is 8.46. The molecule has 0 saturated carbocycles. The van der Waals surface area contributed by atoms with Gasteiger partial charge in [0, 0.05) is 17.1 Å². The molecule has 134 valence electrons. The smallest absolute Gasteiger partial charge is 0.274 e. The lowest BCUT2D eigenvalue weighted by Gasteiger charge is -2.11. The van der Waals surface area contributed by atoms with Gasteiger partial charge in [0.2, 0.25) is 5.95 Å². The van der Waals surface area contributed by atoms with Crippen molar-refractivity contribution < 1.29 is 4.79 Å². The van der Waals surface area contributed by atoms with Crippen molar-refractivity contribution in [1.29, 1.82) is 5.26 Å². The molecule has 0 aliphatic carbocycles. The standard InChI is InChI=1S/C21H19N5O/c1-13-4-9-18(14(2)10-13)25-20(27)19-11-15(3)23-21(26-19)24-17-7-5-16(12-22)6-8-17/h4-11H,1-3H3,(H,25,27)(H,23,24,26). The average molecular weight is 357 g/mol. The van der Waals surface area contributed by atoms with Crippen molar-refractivity contribution in [2.45, 2.75) is 20.8 Å². The first-order chi connectivity index (χ1) is 12.9. The lowest BCUT2D eigenvalue weighted by Crippen LogP contribution is -2.16. The number of amides is 1. The number of aromatic nitrogens is 2. The number of hydrogen-bond acceptors (Lipinski definition) is 5. The van der Waals surface area contributed by atoms with Gasteiger partial charge < -0.3 is 10.6 Å². The van der Waals surface area contributed by atoms with Crippen molar-refractivity contribution in [3.63, 3.8) is 0 Å². The third-order valence-electron chi connectivity index (χ3n) is 3.99. The van der Waals surface area contributed by atoms with Crippen LogP contribution in [0.2, 0.25) is 0 Å². The van der Waals surface area contributed by atoms with E-state index in [0.717, 1.165) is 22.5 Å². The van der Waals surface area contributed by atoms with E-state index in [1.165, 1.54) is 0 Å². The van der Waals surface area contributed by atoms with Crippen LogP contribution in [0.4, 0.5) is 17.3 Å². The molecule has 0 radical (unpaired) electrons. The highest BCUT2D eigenvalue weighted by Crippen LogP contribution is 2.18. The molecule has 6 heteroatoms. The second-order valence-electron chi connectivity index (χ2n) is 6.30. The largest absolute Gasteiger partial charge is 0.324 e. The highest BCUT2D eigenvalue weighted by Gasteiger charge is 2.12. The van der Waals surface area contributed by atoms with Gasteiger partial charge in [0.1, 0.15) is 5.69 Å². The average Bonchev–Trinajstić information content (AvgIpc) is 2.64. The van der Waals surface area contributed by atoms with Crippen LogP contribution in [0.1, 0.15) is 32.9 Å². The van der Waals surface area contributed by atoms with Gasteiger partial charge in [-0.2, -0.15) is 5.26 Å². The summed E-state index contributed by atoms with van der Waals surface area (Å²) in [4.78, 5) is 21.3. The third-order valence-corrected chi connectivity index (χ3v) is 3.99. The number of aryl methyl sites for hydroxylation is 3. The van der Waals surface area contributed by atoms with Crippen molar-refractivity contribution in [3.05, 3.63) is 76.6 Å². The van der Waals surface area contributed by atoms with E-state index in [2.05, 4.69) is 26.7 Å². The molecular weight excluding hydrogens is 338 g/mol. The van der Waals surface area contributed by atoms with E-state index in [1.54, 1.807) is 37.3 Å². The van der Waals surface area contributed by atoms with Gasteiger partial charge in [-0.25, -0.2) is 9.97 Å². The Morgan fingerprint density at radius 3 is 2.41 bits per heavy atom. The minimum Gasteiger partial charge on any atom is -0.324 e. The normalized spacial score (nSPS) is 10.1. The Kier molecular flexibility index (Phi) is 5.13. The Bertz CT molecular complexity index is 1040. The van der Waals surface area contributed by atoms with Crippen LogP contribution in [-0.4, -0.2) is 15.9 Å². The van der Waals surface area contributed by atoms with Crippen LogP contribution < -0.4 is 10.6 Å². The lowest BCUT2D eigenvalue weighted by molar-refractivity contribution is 0.102. The molecule has 0 fully saturated rings. The molecule has 0 atom stereocenters. The Morgan fingerprint density at radius 2 is 1.74 bits per heavy atom. The summed E-state index contributed by atoms with van der Waals surface area (Å²) in [5.41, 5.74) is 5.14. The number of nitrogens with one attached hydrogen (secondary N) is 2. The van der Waals surface area contributed by atoms with E-state index < -0.39 is 0 Å². The Morgan fingerprint density at radius 1 is 1.00 bits per heavy atom. The zero-order valence-corrected chi connectivity index (χ0v) is 15.4. The number of hydrogen-bond donors (Lipinski definition) is 2. The number of carbonyl (C=O) groups excluding carboxylic acids is 1. The molecule has 0 aliphatic rings. The zero-order valence-electron chi connectivity index (χ0n) is 15.4. The van der Waals surface area contributed by atoms with Gasteiger partial charge in [-0.1, -0.05) is 17.7 Å². The van der Waals surface area contributed by atoms with E-state index in [4.69, 9.17) is 5.26 Å². The second-order valence-corrected chi connectivity index (χ2v) is 6.30. The van der Waals surface area contributed by atoms with Crippen LogP contribution in [0.25, 0.3) is 0 Å². The number of benzene rings is 2. The minimum atomic E-state index is -0.296. The maximum absolute atomic E-state index is 12.6. The molecule has 1 aromatic heterocycles. The van der Waals surface area contributed by atoms with Gasteiger partial charge in [-0.15, -0.1) is 0 Å². The third kappa shape index (κ3) is 4.47. The molecule has 2 N–H and O–H groups in total. The summed E-state index contributed by atoms with van der Waals surface area (Å²) in [7, 11) is 0. The monoisotopic (exact) mass is 357 g/mol. The fourth-order valence-corrected chi connectivity index (χ4v) is 2.64. The summed E-state index contributed by atoms with van der Waals surface area (Å²) in [5.74, 6) is 0.0285. The van der Waals surface area contributed by atoms with E-state index >= 15 is 0 Å². The van der Waals surface area contributed by atoms with Crippen LogP contribution in [0, 0.1) is 32.1 Å². The molecule has 27 heavy (non-hydrogen) atoms. The number of rotatable bonds is 4. The van der Waals surface area contributed by atoms with Crippen LogP contribution in [-0.2, 0) is 0 Å². The topological polar surface area (TPSA) is 90.7 Å². The highest BCUT2D eigenvalue weighted by molar-refractivity contribution is 6.03. The molecule has 0 bridgehead atoms. The molecule has 1 amide bonds. The summed E-state index contributed by atoms with van der Waals surface area (Å²) in [5, 5.41) is 14.8. The first kappa shape index (κ1) is 18.1. The minimum absolute atomic E-state index is 0.277. The van der Waals surface area contributed by atoms with Crippen molar-refractivity contribution in [1.82, 2.24) is 9.97 Å². The molecule has 1 heterocycles.